The van der Waals surface area contributed by atoms with E-state index < -0.39 is 52.3 Å². The Morgan fingerprint density at radius 3 is 2.34 bits per heavy atom. The minimum Gasteiger partial charge on any atom is -0.489 e. The summed E-state index contributed by atoms with van der Waals surface area (Å²) < 4.78 is 56.3. The molecule has 35 heavy (non-hydrogen) atoms. The number of amides is 3. The van der Waals surface area contributed by atoms with Crippen LogP contribution < -0.4 is 15.6 Å². The molecule has 1 aliphatic rings. The minimum absolute atomic E-state index is 0.157. The predicted octanol–water partition coefficient (Wildman–Crippen LogP) is 3.79. The zero-order valence-electron chi connectivity index (χ0n) is 20.5. The highest BCUT2D eigenvalue weighted by molar-refractivity contribution is 5.97. The van der Waals surface area contributed by atoms with Crippen LogP contribution in [0.3, 0.4) is 0 Å². The molecule has 1 saturated heterocycles. The average molecular weight is 502 g/mol. The number of nitrogens with zero attached hydrogens (tertiary/aromatic N) is 1. The minimum atomic E-state index is -4.79. The van der Waals surface area contributed by atoms with Crippen molar-refractivity contribution in [2.45, 2.75) is 64.6 Å². The van der Waals surface area contributed by atoms with Gasteiger partial charge in [0, 0.05) is 5.56 Å². The van der Waals surface area contributed by atoms with Crippen LogP contribution in [0.1, 0.15) is 57.5 Å². The van der Waals surface area contributed by atoms with E-state index in [4.69, 9.17) is 14.2 Å². The summed E-state index contributed by atoms with van der Waals surface area (Å²) >= 11 is 0. The Morgan fingerprint density at radius 1 is 1.17 bits per heavy atom. The van der Waals surface area contributed by atoms with Crippen molar-refractivity contribution < 1.29 is 41.8 Å². The smallest absolute Gasteiger partial charge is 0.419 e. The Kier molecular flexibility index (Phi) is 7.80. The highest BCUT2D eigenvalue weighted by Crippen LogP contribution is 2.38. The van der Waals surface area contributed by atoms with E-state index in [0.717, 1.165) is 17.0 Å². The molecule has 2 rings (SSSR count). The topological polar surface area (TPSA) is 106 Å². The zero-order chi connectivity index (χ0) is 26.8. The normalized spacial score (nSPS) is 19.6. The van der Waals surface area contributed by atoms with Gasteiger partial charge in [-0.2, -0.15) is 13.2 Å². The number of halogens is 3. The lowest BCUT2D eigenvalue weighted by atomic mass is 10.0. The maximum Gasteiger partial charge on any atom is 0.419 e. The van der Waals surface area contributed by atoms with Crippen LogP contribution in [0.4, 0.5) is 18.0 Å². The number of carbonyl (C=O) groups is 3. The molecule has 1 atom stereocenters. The van der Waals surface area contributed by atoms with E-state index in [0.29, 0.717) is 6.07 Å². The van der Waals surface area contributed by atoms with Crippen molar-refractivity contribution in [3.63, 3.8) is 0 Å². The number of nitrogens with one attached hydrogen (secondary N) is 2. The average Bonchev–Trinajstić information content (AvgIpc) is 2.98. The Morgan fingerprint density at radius 2 is 1.80 bits per heavy atom. The fourth-order valence-electron chi connectivity index (χ4n) is 3.42. The molecule has 3 amide bonds. The summed E-state index contributed by atoms with van der Waals surface area (Å²) in [5, 5.41) is 0. The van der Waals surface area contributed by atoms with E-state index in [1.165, 1.54) is 13.0 Å². The monoisotopic (exact) mass is 501 g/mol. The van der Waals surface area contributed by atoms with Crippen LogP contribution >= 0.6 is 0 Å². The van der Waals surface area contributed by atoms with E-state index in [-0.39, 0.29) is 18.8 Å². The molecule has 0 aromatic heterocycles. The van der Waals surface area contributed by atoms with Crippen LogP contribution in [-0.4, -0.2) is 52.9 Å². The van der Waals surface area contributed by atoms with E-state index >= 15 is 0 Å². The summed E-state index contributed by atoms with van der Waals surface area (Å²) in [6.45, 7) is 12.6. The molecular formula is C23H30F3N3O6. The fourth-order valence-corrected chi connectivity index (χ4v) is 3.42. The van der Waals surface area contributed by atoms with E-state index in [2.05, 4.69) is 17.4 Å². The van der Waals surface area contributed by atoms with Gasteiger partial charge in [0.15, 0.2) is 0 Å². The van der Waals surface area contributed by atoms with Crippen LogP contribution in [0.15, 0.2) is 30.9 Å². The van der Waals surface area contributed by atoms with Crippen LogP contribution in [0.25, 0.3) is 0 Å². The largest absolute Gasteiger partial charge is 0.489 e. The van der Waals surface area contributed by atoms with Gasteiger partial charge in [-0.15, -0.1) is 0 Å². The molecule has 1 aromatic carbocycles. The van der Waals surface area contributed by atoms with E-state index in [1.807, 2.05) is 0 Å². The predicted molar refractivity (Wildman–Crippen MR) is 119 cm³/mol. The Hall–Kier alpha value is -3.28. The summed E-state index contributed by atoms with van der Waals surface area (Å²) in [6.07, 6.45) is -4.32. The van der Waals surface area contributed by atoms with Crippen LogP contribution in [0, 0.1) is 0 Å². The first-order chi connectivity index (χ1) is 15.9. The van der Waals surface area contributed by atoms with Crippen molar-refractivity contribution in [1.29, 1.82) is 0 Å². The molecule has 1 aromatic rings. The molecule has 9 nitrogen and oxygen atoms in total. The second kappa shape index (κ2) is 9.76. The molecule has 1 aliphatic heterocycles. The number of hydrogen-bond acceptors (Lipinski definition) is 6. The Bertz CT molecular complexity index is 1000. The molecule has 0 radical (unpaired) electrons. The Labute approximate surface area is 201 Å². The molecule has 0 bridgehead atoms. The molecule has 1 unspecified atom stereocenters. The molecule has 1 fully saturated rings. The summed E-state index contributed by atoms with van der Waals surface area (Å²) in [5.74, 6) is -2.31. The molecule has 2 N–H and O–H groups in total. The lowest BCUT2D eigenvalue weighted by Gasteiger charge is -2.39. The van der Waals surface area contributed by atoms with Crippen LogP contribution in [-0.2, 0) is 20.4 Å². The van der Waals surface area contributed by atoms with Gasteiger partial charge in [0.25, 0.3) is 11.8 Å². The van der Waals surface area contributed by atoms with Crippen molar-refractivity contribution >= 4 is 17.9 Å². The third-order valence-electron chi connectivity index (χ3n) is 5.00. The van der Waals surface area contributed by atoms with Gasteiger partial charge in [-0.05, 0) is 59.7 Å². The zero-order valence-corrected chi connectivity index (χ0v) is 20.5. The molecular weight excluding hydrogens is 471 g/mol. The van der Waals surface area contributed by atoms with Gasteiger partial charge in [-0.3, -0.25) is 25.3 Å². The molecule has 0 aliphatic carbocycles. The third kappa shape index (κ3) is 6.44. The van der Waals surface area contributed by atoms with Crippen molar-refractivity contribution in [3.05, 3.63) is 42.0 Å². The molecule has 194 valence electrons. The van der Waals surface area contributed by atoms with Crippen molar-refractivity contribution in [1.82, 2.24) is 15.8 Å². The maximum absolute atomic E-state index is 13.4. The van der Waals surface area contributed by atoms with E-state index in [9.17, 15) is 27.6 Å². The number of carbonyl (C=O) groups excluding carboxylic acids is 3. The highest BCUT2D eigenvalue weighted by Gasteiger charge is 2.57. The Balaban J connectivity index is 2.21. The molecule has 12 heteroatoms. The lowest BCUT2D eigenvalue weighted by molar-refractivity contribution is -0.139. The number of ether oxygens (including phenoxy) is 3. The van der Waals surface area contributed by atoms with Gasteiger partial charge in [0.2, 0.25) is 0 Å². The van der Waals surface area contributed by atoms with Crippen molar-refractivity contribution in [2.75, 3.05) is 13.2 Å². The van der Waals surface area contributed by atoms with Gasteiger partial charge >= 0.3 is 12.3 Å². The molecule has 1 heterocycles. The first kappa shape index (κ1) is 28.0. The molecule has 0 spiro atoms. The number of hydrogen-bond donors (Lipinski definition) is 2. The van der Waals surface area contributed by atoms with Gasteiger partial charge in [0.05, 0.1) is 12.2 Å². The standard InChI is InChI=1S/C23H30F3N3O6/c1-8-11-33-16-10-9-14(12-15(16)23(24,25)26)17(30)27-28-18(31)22(7)13-34-21(5,6)29(22)19(32)35-20(2,3)4/h8-10,12H,1,11,13H2,2-7H3,(H,27,30)(H,28,31). The highest BCUT2D eigenvalue weighted by atomic mass is 19.4. The van der Waals surface area contributed by atoms with Gasteiger partial charge < -0.3 is 14.2 Å². The first-order valence-corrected chi connectivity index (χ1v) is 10.7. The number of alkyl halides is 3. The number of benzene rings is 1. The van der Waals surface area contributed by atoms with Crippen molar-refractivity contribution in [2.24, 2.45) is 0 Å². The van der Waals surface area contributed by atoms with Crippen LogP contribution in [0.5, 0.6) is 5.75 Å². The number of rotatable bonds is 5. The van der Waals surface area contributed by atoms with Gasteiger partial charge in [-0.1, -0.05) is 12.7 Å². The van der Waals surface area contributed by atoms with E-state index in [1.54, 1.807) is 34.6 Å². The van der Waals surface area contributed by atoms with Crippen LogP contribution in [0.2, 0.25) is 0 Å². The quantitative estimate of drug-likeness (QED) is 0.470. The summed E-state index contributed by atoms with van der Waals surface area (Å²) in [5.41, 5.74) is -0.932. The lowest BCUT2D eigenvalue weighted by Crippen LogP contribution is -2.63. The van der Waals surface area contributed by atoms with Gasteiger partial charge in [0.1, 0.15) is 29.2 Å². The fraction of sp³-hybridized carbons (Fsp3) is 0.522. The second-order valence-electron chi connectivity index (χ2n) is 9.54. The summed E-state index contributed by atoms with van der Waals surface area (Å²) in [6, 6.07) is 2.73. The summed E-state index contributed by atoms with van der Waals surface area (Å²) in [4.78, 5) is 39.5. The maximum atomic E-state index is 13.4. The summed E-state index contributed by atoms with van der Waals surface area (Å²) in [7, 11) is 0. The van der Waals surface area contributed by atoms with Crippen molar-refractivity contribution in [3.8, 4) is 5.75 Å². The third-order valence-corrected chi connectivity index (χ3v) is 5.00. The molecule has 0 saturated carbocycles. The second-order valence-corrected chi connectivity index (χ2v) is 9.54. The van der Waals surface area contributed by atoms with Gasteiger partial charge in [-0.25, -0.2) is 4.79 Å². The first-order valence-electron chi connectivity index (χ1n) is 10.7. The SMILES string of the molecule is C=CCOc1ccc(C(=O)NNC(=O)C2(C)COC(C)(C)N2C(=O)OC(C)(C)C)cc1C(F)(F)F. The number of hydrazine groups is 1.